The second-order valence-electron chi connectivity index (χ2n) is 4.11. The van der Waals surface area contributed by atoms with Crippen LogP contribution in [-0.4, -0.2) is 30.6 Å². The number of amides is 1. The van der Waals surface area contributed by atoms with E-state index in [1.54, 1.807) is 18.2 Å². The van der Waals surface area contributed by atoms with E-state index in [2.05, 4.69) is 5.32 Å². The van der Waals surface area contributed by atoms with Gasteiger partial charge in [0.1, 0.15) is 0 Å². The molecule has 1 amide bonds. The Hall–Kier alpha value is -2.37. The van der Waals surface area contributed by atoms with Crippen LogP contribution in [0, 0.1) is 0 Å². The lowest BCUT2D eigenvalue weighted by Gasteiger charge is -2.09. The molecule has 0 unspecified atom stereocenters. The molecule has 6 nitrogen and oxygen atoms in total. The van der Waals surface area contributed by atoms with Crippen molar-refractivity contribution in [2.45, 2.75) is 19.4 Å². The Balaban J connectivity index is 2.06. The molecule has 1 N–H and O–H groups in total. The normalized spacial score (nSPS) is 17.7. The van der Waals surface area contributed by atoms with Gasteiger partial charge in [0.2, 0.25) is 12.0 Å². The summed E-state index contributed by atoms with van der Waals surface area (Å²) in [5.41, 5.74) is 0.766. The lowest BCUT2D eigenvalue weighted by atomic mass is 10.2. The molecule has 6 heteroatoms. The first-order valence-corrected chi connectivity index (χ1v) is 5.81. The first-order chi connectivity index (χ1) is 9.06. The fourth-order valence-electron chi connectivity index (χ4n) is 1.71. The molecule has 100 valence electrons. The van der Waals surface area contributed by atoms with E-state index in [1.165, 1.54) is 13.0 Å². The average molecular weight is 263 g/mol. The Kier molecular flexibility index (Phi) is 3.79. The van der Waals surface area contributed by atoms with Crippen molar-refractivity contribution in [2.75, 3.05) is 11.9 Å². The zero-order valence-corrected chi connectivity index (χ0v) is 10.3. The third kappa shape index (κ3) is 3.31. The highest BCUT2D eigenvalue weighted by Gasteiger charge is 2.30. The molecule has 1 saturated heterocycles. The van der Waals surface area contributed by atoms with Crippen LogP contribution in [0.1, 0.15) is 23.7 Å². The third-order valence-corrected chi connectivity index (χ3v) is 2.56. The molecule has 0 aliphatic carbocycles. The molecule has 0 radical (unpaired) electrons. The molecule has 0 spiro atoms. The molecule has 1 aromatic rings. The van der Waals surface area contributed by atoms with Gasteiger partial charge in [0, 0.05) is 19.0 Å². The molecule has 1 aromatic carbocycles. The number of hydrogen-bond donors (Lipinski definition) is 1. The van der Waals surface area contributed by atoms with E-state index in [-0.39, 0.29) is 18.1 Å². The lowest BCUT2D eigenvalue weighted by molar-refractivity contribution is -0.145. The highest BCUT2D eigenvalue weighted by atomic mass is 16.6. The van der Waals surface area contributed by atoms with Crippen molar-refractivity contribution < 1.29 is 23.9 Å². The smallest absolute Gasteiger partial charge is 0.347 e. The summed E-state index contributed by atoms with van der Waals surface area (Å²) in [6, 6.07) is 6.31. The van der Waals surface area contributed by atoms with Crippen LogP contribution in [0.3, 0.4) is 0 Å². The number of carbonyl (C=O) groups is 3. The maximum atomic E-state index is 11.8. The summed E-state index contributed by atoms with van der Waals surface area (Å²) < 4.78 is 9.75. The van der Waals surface area contributed by atoms with E-state index in [4.69, 9.17) is 9.47 Å². The van der Waals surface area contributed by atoms with Crippen LogP contribution in [0.15, 0.2) is 24.3 Å². The van der Waals surface area contributed by atoms with Crippen molar-refractivity contribution in [2.24, 2.45) is 0 Å². The molecule has 1 fully saturated rings. The SMILES string of the molecule is CC(=O)Nc1cccc(C(=O)O[C@@H]2CCOC2=O)c1. The van der Waals surface area contributed by atoms with E-state index in [0.717, 1.165) is 0 Å². The predicted octanol–water partition coefficient (Wildman–Crippen LogP) is 1.12. The van der Waals surface area contributed by atoms with E-state index in [1.807, 2.05) is 0 Å². The van der Waals surface area contributed by atoms with Gasteiger partial charge in [0.15, 0.2) is 0 Å². The summed E-state index contributed by atoms with van der Waals surface area (Å²) in [4.78, 5) is 34.0. The van der Waals surface area contributed by atoms with Crippen molar-refractivity contribution >= 4 is 23.5 Å². The van der Waals surface area contributed by atoms with Crippen LogP contribution in [0.2, 0.25) is 0 Å². The van der Waals surface area contributed by atoms with Crippen molar-refractivity contribution in [3.63, 3.8) is 0 Å². The molecule has 0 aromatic heterocycles. The molecular formula is C13H13NO5. The van der Waals surface area contributed by atoms with E-state index < -0.39 is 18.0 Å². The number of cyclic esters (lactones) is 1. The Morgan fingerprint density at radius 3 is 2.84 bits per heavy atom. The summed E-state index contributed by atoms with van der Waals surface area (Å²) in [6.45, 7) is 1.64. The number of ether oxygens (including phenoxy) is 2. The van der Waals surface area contributed by atoms with Crippen LogP contribution < -0.4 is 5.32 Å². The standard InChI is InChI=1S/C13H13NO5/c1-8(15)14-10-4-2-3-9(7-10)12(16)19-11-5-6-18-13(11)17/h2-4,7,11H,5-6H2,1H3,(H,14,15)/t11-/m1/s1. The van der Waals surface area contributed by atoms with Crippen LogP contribution in [-0.2, 0) is 19.1 Å². The summed E-state index contributed by atoms with van der Waals surface area (Å²) >= 11 is 0. The zero-order chi connectivity index (χ0) is 13.8. The predicted molar refractivity (Wildman–Crippen MR) is 65.5 cm³/mol. The van der Waals surface area contributed by atoms with Crippen LogP contribution in [0.4, 0.5) is 5.69 Å². The quantitative estimate of drug-likeness (QED) is 0.826. The molecule has 19 heavy (non-hydrogen) atoms. The van der Waals surface area contributed by atoms with Gasteiger partial charge >= 0.3 is 11.9 Å². The topological polar surface area (TPSA) is 81.7 Å². The molecule has 1 atom stereocenters. The van der Waals surface area contributed by atoms with Gasteiger partial charge < -0.3 is 14.8 Å². The van der Waals surface area contributed by atoms with Crippen molar-refractivity contribution in [1.29, 1.82) is 0 Å². The fraction of sp³-hybridized carbons (Fsp3) is 0.308. The number of anilines is 1. The highest BCUT2D eigenvalue weighted by molar-refractivity contribution is 5.94. The van der Waals surface area contributed by atoms with Crippen LogP contribution >= 0.6 is 0 Å². The zero-order valence-electron chi connectivity index (χ0n) is 10.3. The number of carbonyl (C=O) groups excluding carboxylic acids is 3. The first kappa shape index (κ1) is 13.1. The molecular weight excluding hydrogens is 250 g/mol. The summed E-state index contributed by atoms with van der Waals surface area (Å²) in [6.07, 6.45) is -0.465. The highest BCUT2D eigenvalue weighted by Crippen LogP contribution is 2.16. The van der Waals surface area contributed by atoms with Crippen molar-refractivity contribution in [3.05, 3.63) is 29.8 Å². The van der Waals surface area contributed by atoms with Gasteiger partial charge in [-0.15, -0.1) is 0 Å². The number of esters is 2. The number of nitrogens with one attached hydrogen (secondary N) is 1. The molecule has 2 rings (SSSR count). The molecule has 1 heterocycles. The Morgan fingerprint density at radius 1 is 1.42 bits per heavy atom. The number of hydrogen-bond acceptors (Lipinski definition) is 5. The second kappa shape index (κ2) is 5.51. The summed E-state index contributed by atoms with van der Waals surface area (Å²) in [7, 11) is 0. The molecule has 1 aliphatic heterocycles. The minimum atomic E-state index is -0.836. The van der Waals surface area contributed by atoms with Gasteiger partial charge in [-0.3, -0.25) is 4.79 Å². The molecule has 0 saturated carbocycles. The number of benzene rings is 1. The van der Waals surface area contributed by atoms with Gasteiger partial charge in [-0.1, -0.05) is 6.07 Å². The Bertz CT molecular complexity index is 526. The maximum absolute atomic E-state index is 11.8. The minimum Gasteiger partial charge on any atom is -0.463 e. The van der Waals surface area contributed by atoms with Gasteiger partial charge in [-0.2, -0.15) is 0 Å². The van der Waals surface area contributed by atoms with Gasteiger partial charge in [-0.25, -0.2) is 9.59 Å². The fourth-order valence-corrected chi connectivity index (χ4v) is 1.71. The van der Waals surface area contributed by atoms with Crippen LogP contribution in [0.5, 0.6) is 0 Å². The summed E-state index contributed by atoms with van der Waals surface area (Å²) in [5.74, 6) is -1.37. The van der Waals surface area contributed by atoms with Gasteiger partial charge in [-0.05, 0) is 18.2 Å². The van der Waals surface area contributed by atoms with E-state index in [0.29, 0.717) is 12.1 Å². The Morgan fingerprint density at radius 2 is 2.21 bits per heavy atom. The molecule has 0 bridgehead atoms. The van der Waals surface area contributed by atoms with E-state index >= 15 is 0 Å². The van der Waals surface area contributed by atoms with Crippen molar-refractivity contribution in [1.82, 2.24) is 0 Å². The first-order valence-electron chi connectivity index (χ1n) is 5.81. The van der Waals surface area contributed by atoms with E-state index in [9.17, 15) is 14.4 Å². The average Bonchev–Trinajstić information content (AvgIpc) is 2.74. The maximum Gasteiger partial charge on any atom is 0.347 e. The monoisotopic (exact) mass is 263 g/mol. The van der Waals surface area contributed by atoms with Crippen molar-refractivity contribution in [3.8, 4) is 0 Å². The van der Waals surface area contributed by atoms with Gasteiger partial charge in [0.25, 0.3) is 0 Å². The Labute approximate surface area is 109 Å². The molecule has 1 aliphatic rings. The number of rotatable bonds is 3. The second-order valence-corrected chi connectivity index (χ2v) is 4.11. The largest absolute Gasteiger partial charge is 0.463 e. The minimum absolute atomic E-state index is 0.232. The van der Waals surface area contributed by atoms with Gasteiger partial charge in [0.05, 0.1) is 12.2 Å². The summed E-state index contributed by atoms with van der Waals surface area (Å²) in [5, 5.41) is 2.56. The lowest BCUT2D eigenvalue weighted by Crippen LogP contribution is -2.22. The third-order valence-electron chi connectivity index (χ3n) is 2.56. The van der Waals surface area contributed by atoms with Crippen LogP contribution in [0.25, 0.3) is 0 Å².